The van der Waals surface area contributed by atoms with Crippen molar-refractivity contribution >= 4 is 39.2 Å². The highest BCUT2D eigenvalue weighted by molar-refractivity contribution is 7.99. The summed E-state index contributed by atoms with van der Waals surface area (Å²) in [7, 11) is 0. The maximum atomic E-state index is 13.2. The van der Waals surface area contributed by atoms with Crippen molar-refractivity contribution in [2.45, 2.75) is 84.6 Å². The van der Waals surface area contributed by atoms with E-state index in [-0.39, 0.29) is 23.6 Å². The molecule has 2 aromatic heterocycles. The van der Waals surface area contributed by atoms with E-state index in [1.54, 1.807) is 15.9 Å². The molecule has 1 aliphatic rings. The highest BCUT2D eigenvalue weighted by Gasteiger charge is 2.29. The quantitative estimate of drug-likeness (QED) is 0.522. The van der Waals surface area contributed by atoms with E-state index in [0.29, 0.717) is 23.4 Å². The first-order valence-corrected chi connectivity index (χ1v) is 11.9. The number of amides is 1. The van der Waals surface area contributed by atoms with Gasteiger partial charge in [-0.05, 0) is 58.4 Å². The van der Waals surface area contributed by atoms with Gasteiger partial charge in [-0.1, -0.05) is 25.6 Å². The fourth-order valence-electron chi connectivity index (χ4n) is 4.06. The molecule has 0 radical (unpaired) electrons. The van der Waals surface area contributed by atoms with Gasteiger partial charge in [0, 0.05) is 23.5 Å². The predicted molar refractivity (Wildman–Crippen MR) is 119 cm³/mol. The summed E-state index contributed by atoms with van der Waals surface area (Å²) >= 11 is 2.97. The number of likely N-dealkylation sites (tertiary alicyclic amines) is 1. The third-order valence-corrected chi connectivity index (χ3v) is 7.67. The van der Waals surface area contributed by atoms with Crippen LogP contribution < -0.4 is 5.56 Å². The Balaban J connectivity index is 1.91. The second-order valence-corrected chi connectivity index (χ2v) is 10.5. The number of fused-ring (bicyclic) bond motifs is 1. The van der Waals surface area contributed by atoms with Crippen LogP contribution in [0.1, 0.15) is 57.4 Å². The molecule has 0 spiro atoms. The third kappa shape index (κ3) is 4.15. The fourth-order valence-corrected chi connectivity index (χ4v) is 6.01. The molecule has 5 nitrogen and oxygen atoms in total. The summed E-state index contributed by atoms with van der Waals surface area (Å²) < 4.78 is 1.77. The summed E-state index contributed by atoms with van der Waals surface area (Å²) in [5.41, 5.74) is 1.05. The Hall–Kier alpha value is -1.34. The molecule has 3 rings (SSSR count). The number of aromatic nitrogens is 2. The van der Waals surface area contributed by atoms with Crippen LogP contribution in [0.3, 0.4) is 0 Å². The van der Waals surface area contributed by atoms with Gasteiger partial charge in [-0.3, -0.25) is 14.2 Å². The average molecular weight is 422 g/mol. The molecule has 0 saturated carbocycles. The fraction of sp³-hybridized carbons (Fsp3) is 0.667. The second kappa shape index (κ2) is 8.57. The van der Waals surface area contributed by atoms with Crippen molar-refractivity contribution in [3.05, 3.63) is 20.8 Å². The Labute approximate surface area is 175 Å². The number of nitrogens with zero attached hydrogens (tertiary/aromatic N) is 3. The molecule has 0 unspecified atom stereocenters. The van der Waals surface area contributed by atoms with E-state index in [0.717, 1.165) is 33.5 Å². The summed E-state index contributed by atoms with van der Waals surface area (Å²) in [6.07, 6.45) is 3.32. The van der Waals surface area contributed by atoms with E-state index < -0.39 is 0 Å². The van der Waals surface area contributed by atoms with Gasteiger partial charge in [-0.25, -0.2) is 4.98 Å². The minimum Gasteiger partial charge on any atom is -0.337 e. The van der Waals surface area contributed by atoms with Crippen molar-refractivity contribution in [3.63, 3.8) is 0 Å². The number of rotatable bonds is 5. The first-order valence-electron chi connectivity index (χ1n) is 10.1. The van der Waals surface area contributed by atoms with Crippen molar-refractivity contribution in [1.29, 1.82) is 0 Å². The number of hydrogen-bond donors (Lipinski definition) is 0. The zero-order valence-corrected chi connectivity index (χ0v) is 19.4. The van der Waals surface area contributed by atoms with Crippen molar-refractivity contribution in [1.82, 2.24) is 14.5 Å². The van der Waals surface area contributed by atoms with Gasteiger partial charge >= 0.3 is 0 Å². The third-order valence-electron chi connectivity index (χ3n) is 5.61. The van der Waals surface area contributed by atoms with Gasteiger partial charge in [0.15, 0.2) is 5.16 Å². The standard InChI is InChI=1S/C21H31N3O2S2/c1-12(2)10-23-20(26)18-15(5)16(6)28-19(18)22-21(23)27-11-17(25)24-13(3)8-7-9-14(24)4/h12-14H,7-11H2,1-6H3/t13-,14+. The van der Waals surface area contributed by atoms with Gasteiger partial charge in [-0.2, -0.15) is 0 Å². The lowest BCUT2D eigenvalue weighted by Crippen LogP contribution is -2.48. The average Bonchev–Trinajstić information content (AvgIpc) is 2.89. The van der Waals surface area contributed by atoms with Crippen LogP contribution in [0.4, 0.5) is 0 Å². The van der Waals surface area contributed by atoms with Crippen LogP contribution in [0.15, 0.2) is 9.95 Å². The Morgan fingerprint density at radius 2 is 1.89 bits per heavy atom. The highest BCUT2D eigenvalue weighted by Crippen LogP contribution is 2.29. The van der Waals surface area contributed by atoms with Crippen LogP contribution in [0, 0.1) is 19.8 Å². The number of thioether (sulfide) groups is 1. The lowest BCUT2D eigenvalue weighted by molar-refractivity contribution is -0.134. The number of hydrogen-bond acceptors (Lipinski definition) is 5. The largest absolute Gasteiger partial charge is 0.337 e. The predicted octanol–water partition coefficient (Wildman–Crippen LogP) is 4.61. The monoisotopic (exact) mass is 421 g/mol. The Kier molecular flexibility index (Phi) is 6.54. The van der Waals surface area contributed by atoms with Crippen LogP contribution in [-0.2, 0) is 11.3 Å². The molecule has 0 aromatic carbocycles. The number of thiophene rings is 1. The molecule has 7 heteroatoms. The molecule has 0 bridgehead atoms. The van der Waals surface area contributed by atoms with E-state index in [1.807, 2.05) is 18.7 Å². The molecule has 154 valence electrons. The molecular weight excluding hydrogens is 390 g/mol. The SMILES string of the molecule is Cc1sc2nc(SCC(=O)N3[C@H](C)CCC[C@@H]3C)n(CC(C)C)c(=O)c2c1C. The smallest absolute Gasteiger partial charge is 0.263 e. The minimum absolute atomic E-state index is 0.0233. The highest BCUT2D eigenvalue weighted by atomic mass is 32.2. The second-order valence-electron chi connectivity index (χ2n) is 8.39. The van der Waals surface area contributed by atoms with E-state index in [1.165, 1.54) is 18.2 Å². The van der Waals surface area contributed by atoms with Crippen LogP contribution in [0.5, 0.6) is 0 Å². The summed E-state index contributed by atoms with van der Waals surface area (Å²) in [4.78, 5) is 34.9. The molecule has 1 fully saturated rings. The summed E-state index contributed by atoms with van der Waals surface area (Å²) in [5.74, 6) is 0.802. The van der Waals surface area contributed by atoms with Crippen molar-refractivity contribution in [2.75, 3.05) is 5.75 Å². The Bertz CT molecular complexity index is 922. The number of carbonyl (C=O) groups excluding carboxylic acids is 1. The molecule has 1 amide bonds. The molecule has 3 heterocycles. The minimum atomic E-state index is 0.0233. The molecule has 2 atom stereocenters. The van der Waals surface area contributed by atoms with Crippen molar-refractivity contribution in [2.24, 2.45) is 5.92 Å². The van der Waals surface area contributed by atoms with Crippen LogP contribution in [0.25, 0.3) is 10.2 Å². The van der Waals surface area contributed by atoms with Gasteiger partial charge in [0.05, 0.1) is 11.1 Å². The van der Waals surface area contributed by atoms with Gasteiger partial charge in [0.1, 0.15) is 4.83 Å². The first kappa shape index (κ1) is 21.4. The topological polar surface area (TPSA) is 55.2 Å². The van der Waals surface area contributed by atoms with E-state index in [2.05, 4.69) is 27.7 Å². The number of piperidine rings is 1. The lowest BCUT2D eigenvalue weighted by Gasteiger charge is -2.39. The number of carbonyl (C=O) groups is 1. The van der Waals surface area contributed by atoms with Gasteiger partial charge in [0.25, 0.3) is 5.56 Å². The number of aryl methyl sites for hydroxylation is 2. The van der Waals surface area contributed by atoms with E-state index in [9.17, 15) is 9.59 Å². The van der Waals surface area contributed by atoms with Gasteiger partial charge < -0.3 is 4.90 Å². The van der Waals surface area contributed by atoms with E-state index in [4.69, 9.17) is 4.98 Å². The lowest BCUT2D eigenvalue weighted by atomic mass is 9.98. The molecule has 28 heavy (non-hydrogen) atoms. The maximum absolute atomic E-state index is 13.2. The molecule has 0 aliphatic carbocycles. The molecule has 2 aromatic rings. The van der Waals surface area contributed by atoms with Crippen LogP contribution in [0.2, 0.25) is 0 Å². The maximum Gasteiger partial charge on any atom is 0.263 e. The van der Waals surface area contributed by atoms with Crippen molar-refractivity contribution in [3.8, 4) is 0 Å². The first-order chi connectivity index (χ1) is 13.2. The zero-order valence-electron chi connectivity index (χ0n) is 17.7. The molecule has 1 saturated heterocycles. The summed E-state index contributed by atoms with van der Waals surface area (Å²) in [5, 5.41) is 1.40. The van der Waals surface area contributed by atoms with E-state index >= 15 is 0 Å². The molecule has 0 N–H and O–H groups in total. The zero-order chi connectivity index (χ0) is 20.6. The normalized spacial score (nSPS) is 20.3. The van der Waals surface area contributed by atoms with Crippen molar-refractivity contribution < 1.29 is 4.79 Å². The van der Waals surface area contributed by atoms with Crippen LogP contribution in [-0.4, -0.2) is 38.2 Å². The van der Waals surface area contributed by atoms with Crippen LogP contribution >= 0.6 is 23.1 Å². The molecule has 1 aliphatic heterocycles. The van der Waals surface area contributed by atoms with Gasteiger partial charge in [0.2, 0.25) is 5.91 Å². The summed E-state index contributed by atoms with van der Waals surface area (Å²) in [6.45, 7) is 13.1. The molecular formula is C21H31N3O2S2. The Morgan fingerprint density at radius 1 is 1.25 bits per heavy atom. The van der Waals surface area contributed by atoms with Gasteiger partial charge in [-0.15, -0.1) is 11.3 Å². The Morgan fingerprint density at radius 3 is 2.50 bits per heavy atom. The summed E-state index contributed by atoms with van der Waals surface area (Å²) in [6, 6.07) is 0.570.